The Morgan fingerprint density at radius 3 is 2.82 bits per heavy atom. The second-order valence-electron chi connectivity index (χ2n) is 2.67. The Labute approximate surface area is 69.0 Å². The predicted molar refractivity (Wildman–Crippen MR) is 43.1 cm³/mol. The molecule has 0 aliphatic carbocycles. The van der Waals surface area contributed by atoms with E-state index < -0.39 is 11.1 Å². The van der Waals surface area contributed by atoms with Crippen molar-refractivity contribution in [3.05, 3.63) is 0 Å². The predicted octanol–water partition coefficient (Wildman–Crippen LogP) is -1.18. The smallest absolute Gasteiger partial charge is 0.0317 e. The summed E-state index contributed by atoms with van der Waals surface area (Å²) >= 11 is -1.87. The summed E-state index contributed by atoms with van der Waals surface area (Å²) < 4.78 is 20.2. The Morgan fingerprint density at radius 1 is 1.64 bits per heavy atom. The first-order valence-electron chi connectivity index (χ1n) is 3.79. The van der Waals surface area contributed by atoms with Gasteiger partial charge in [-0.25, -0.2) is 0 Å². The molecular weight excluding hydrogens is 164 g/mol. The molecule has 1 aliphatic rings. The lowest BCUT2D eigenvalue weighted by Crippen LogP contribution is -2.55. The molecule has 1 unspecified atom stereocenters. The first-order valence-corrected chi connectivity index (χ1v) is 5.03. The van der Waals surface area contributed by atoms with Crippen LogP contribution in [-0.4, -0.2) is 40.2 Å². The molecule has 1 aliphatic heterocycles. The Kier molecular flexibility index (Phi) is 3.99. The first kappa shape index (κ1) is 9.12. The van der Waals surface area contributed by atoms with Crippen molar-refractivity contribution in [2.45, 2.75) is 12.5 Å². The quantitative estimate of drug-likeness (QED) is 0.410. The fraction of sp³-hybridized carbons (Fsp3) is 1.00. The van der Waals surface area contributed by atoms with Crippen molar-refractivity contribution >= 4 is 11.1 Å². The van der Waals surface area contributed by atoms with Crippen LogP contribution >= 0.6 is 0 Å². The zero-order valence-electron chi connectivity index (χ0n) is 6.34. The number of hydrogen-bond acceptors (Lipinski definition) is 4. The molecule has 0 bridgehead atoms. The third-order valence-electron chi connectivity index (χ3n) is 1.70. The van der Waals surface area contributed by atoms with Crippen LogP contribution in [0.1, 0.15) is 6.42 Å². The second-order valence-corrected chi connectivity index (χ2v) is 3.69. The molecule has 0 radical (unpaired) electrons. The van der Waals surface area contributed by atoms with Gasteiger partial charge < -0.3 is 15.2 Å². The van der Waals surface area contributed by atoms with Gasteiger partial charge in [0.2, 0.25) is 0 Å². The standard InChI is InChI=1S/C6H14N2O2S/c9-11(10)3-1-2-8-6-4-7-5-6/h6-8H,1-5H2,(H,9,10)/p-1. The molecule has 0 saturated carbocycles. The van der Waals surface area contributed by atoms with Gasteiger partial charge in [-0.2, -0.15) is 0 Å². The molecule has 1 fully saturated rings. The van der Waals surface area contributed by atoms with Crippen LogP contribution in [0.4, 0.5) is 0 Å². The summed E-state index contributed by atoms with van der Waals surface area (Å²) in [5.41, 5.74) is 0. The van der Waals surface area contributed by atoms with Crippen molar-refractivity contribution in [3.8, 4) is 0 Å². The minimum absolute atomic E-state index is 0.271. The minimum Gasteiger partial charge on any atom is -0.772 e. The maximum atomic E-state index is 10.1. The topological polar surface area (TPSA) is 64.2 Å². The molecule has 1 rings (SSSR count). The third kappa shape index (κ3) is 3.81. The highest BCUT2D eigenvalue weighted by Gasteiger charge is 2.14. The molecular formula is C6H13N2O2S-. The van der Waals surface area contributed by atoms with E-state index in [9.17, 15) is 8.76 Å². The fourth-order valence-electron chi connectivity index (χ4n) is 0.929. The Bertz CT molecular complexity index is 139. The number of hydrogen-bond donors (Lipinski definition) is 2. The molecule has 5 heteroatoms. The summed E-state index contributed by atoms with van der Waals surface area (Å²) in [6.07, 6.45) is 0.715. The van der Waals surface area contributed by atoms with Gasteiger partial charge in [0.1, 0.15) is 0 Å². The van der Waals surface area contributed by atoms with E-state index in [4.69, 9.17) is 0 Å². The first-order chi connectivity index (χ1) is 5.29. The van der Waals surface area contributed by atoms with Crippen LogP contribution in [0.15, 0.2) is 0 Å². The summed E-state index contributed by atoms with van der Waals surface area (Å²) in [6, 6.07) is 0.565. The van der Waals surface area contributed by atoms with E-state index in [2.05, 4.69) is 10.6 Å². The monoisotopic (exact) mass is 177 g/mol. The normalized spacial score (nSPS) is 21.2. The zero-order chi connectivity index (χ0) is 8.10. The number of nitrogens with one attached hydrogen (secondary N) is 2. The van der Waals surface area contributed by atoms with E-state index in [-0.39, 0.29) is 5.75 Å². The Balaban J connectivity index is 1.83. The van der Waals surface area contributed by atoms with Gasteiger partial charge >= 0.3 is 0 Å². The van der Waals surface area contributed by atoms with Gasteiger partial charge in [0.25, 0.3) is 0 Å². The van der Waals surface area contributed by atoms with Gasteiger partial charge in [-0.3, -0.25) is 4.21 Å². The maximum Gasteiger partial charge on any atom is 0.0317 e. The van der Waals surface area contributed by atoms with Crippen LogP contribution in [0.25, 0.3) is 0 Å². The number of rotatable bonds is 5. The SMILES string of the molecule is O=S([O-])CCCNC1CNC1. The van der Waals surface area contributed by atoms with Crippen molar-refractivity contribution in [1.29, 1.82) is 0 Å². The highest BCUT2D eigenvalue weighted by Crippen LogP contribution is 1.90. The van der Waals surface area contributed by atoms with Gasteiger partial charge in [0.15, 0.2) is 0 Å². The lowest BCUT2D eigenvalue weighted by atomic mass is 10.2. The van der Waals surface area contributed by atoms with Gasteiger partial charge in [0, 0.05) is 24.9 Å². The van der Waals surface area contributed by atoms with Gasteiger partial charge in [0.05, 0.1) is 0 Å². The van der Waals surface area contributed by atoms with Crippen molar-refractivity contribution < 1.29 is 8.76 Å². The van der Waals surface area contributed by atoms with Crippen molar-refractivity contribution in [2.75, 3.05) is 25.4 Å². The molecule has 0 aromatic heterocycles. The molecule has 0 aromatic rings. The second kappa shape index (κ2) is 4.82. The summed E-state index contributed by atoms with van der Waals surface area (Å²) in [6.45, 7) is 2.83. The molecule has 1 atom stereocenters. The van der Waals surface area contributed by atoms with E-state index >= 15 is 0 Å². The van der Waals surface area contributed by atoms with Crippen molar-refractivity contribution in [1.82, 2.24) is 10.6 Å². The average molecular weight is 177 g/mol. The molecule has 1 saturated heterocycles. The summed E-state index contributed by atoms with van der Waals surface area (Å²) in [7, 11) is 0. The van der Waals surface area contributed by atoms with Gasteiger partial charge in [-0.15, -0.1) is 0 Å². The molecule has 0 spiro atoms. The van der Waals surface area contributed by atoms with Crippen LogP contribution in [0.2, 0.25) is 0 Å². The van der Waals surface area contributed by atoms with Crippen molar-refractivity contribution in [2.24, 2.45) is 0 Å². The highest BCUT2D eigenvalue weighted by atomic mass is 32.2. The molecule has 2 N–H and O–H groups in total. The summed E-state index contributed by atoms with van der Waals surface area (Å²) in [5.74, 6) is 0.271. The summed E-state index contributed by atoms with van der Waals surface area (Å²) in [5, 5.41) is 6.37. The van der Waals surface area contributed by atoms with E-state index in [0.29, 0.717) is 12.5 Å². The van der Waals surface area contributed by atoms with Gasteiger partial charge in [-0.05, 0) is 13.0 Å². The van der Waals surface area contributed by atoms with E-state index in [1.807, 2.05) is 0 Å². The Morgan fingerprint density at radius 2 is 2.36 bits per heavy atom. The lowest BCUT2D eigenvalue weighted by molar-refractivity contribution is 0.367. The van der Waals surface area contributed by atoms with Crippen LogP contribution in [-0.2, 0) is 11.1 Å². The minimum atomic E-state index is -1.87. The van der Waals surface area contributed by atoms with E-state index in [1.165, 1.54) is 0 Å². The molecule has 11 heavy (non-hydrogen) atoms. The third-order valence-corrected chi connectivity index (χ3v) is 2.32. The lowest BCUT2D eigenvalue weighted by Gasteiger charge is -2.28. The summed E-state index contributed by atoms with van der Waals surface area (Å²) in [4.78, 5) is 0. The molecule has 0 amide bonds. The van der Waals surface area contributed by atoms with E-state index in [1.54, 1.807) is 0 Å². The highest BCUT2D eigenvalue weighted by molar-refractivity contribution is 7.79. The van der Waals surface area contributed by atoms with Crippen LogP contribution in [0.5, 0.6) is 0 Å². The molecule has 66 valence electrons. The molecule has 1 heterocycles. The largest absolute Gasteiger partial charge is 0.772 e. The maximum absolute atomic E-state index is 10.1. The molecule has 4 nitrogen and oxygen atoms in total. The van der Waals surface area contributed by atoms with Crippen LogP contribution in [0, 0.1) is 0 Å². The molecule has 0 aromatic carbocycles. The van der Waals surface area contributed by atoms with E-state index in [0.717, 1.165) is 19.6 Å². The zero-order valence-corrected chi connectivity index (χ0v) is 7.15. The van der Waals surface area contributed by atoms with Crippen LogP contribution in [0.3, 0.4) is 0 Å². The Hall–Kier alpha value is 0.0300. The van der Waals surface area contributed by atoms with Gasteiger partial charge in [-0.1, -0.05) is 11.1 Å². The fourth-order valence-corrected chi connectivity index (χ4v) is 1.31. The average Bonchev–Trinajstić information content (AvgIpc) is 1.82. The van der Waals surface area contributed by atoms with Crippen LogP contribution < -0.4 is 10.6 Å². The van der Waals surface area contributed by atoms with Crippen molar-refractivity contribution in [3.63, 3.8) is 0 Å².